The first-order chi connectivity index (χ1) is 26.1. The van der Waals surface area contributed by atoms with Crippen LogP contribution in [0.3, 0.4) is 0 Å². The van der Waals surface area contributed by atoms with E-state index >= 15 is 0 Å². The first kappa shape index (κ1) is 43.8. The third kappa shape index (κ3) is 13.1. The van der Waals surface area contributed by atoms with E-state index in [1.54, 1.807) is 60.3 Å². The van der Waals surface area contributed by atoms with Gasteiger partial charge in [0.1, 0.15) is 5.69 Å². The third-order valence-electron chi connectivity index (χ3n) is 7.51. The molecule has 0 fully saturated rings. The number of aryl methyl sites for hydroxylation is 1. The molecule has 10 nitrogen and oxygen atoms in total. The molecule has 0 saturated heterocycles. The zero-order valence-corrected chi connectivity index (χ0v) is 32.5. The van der Waals surface area contributed by atoms with Crippen molar-refractivity contribution in [2.24, 2.45) is 0 Å². The van der Waals surface area contributed by atoms with E-state index in [0.717, 1.165) is 29.3 Å². The van der Waals surface area contributed by atoms with Crippen LogP contribution in [0, 0.1) is 6.57 Å². The number of aliphatic carboxylic acids is 1. The largest absolute Gasteiger partial charge is 2.00 e. The van der Waals surface area contributed by atoms with Crippen LogP contribution in [0.4, 0.5) is 13.2 Å². The van der Waals surface area contributed by atoms with E-state index in [0.29, 0.717) is 34.0 Å². The summed E-state index contributed by atoms with van der Waals surface area (Å²) in [7, 11) is 0. The van der Waals surface area contributed by atoms with E-state index in [1.807, 2.05) is 30.3 Å². The number of rotatable bonds is 11. The van der Waals surface area contributed by atoms with Crippen molar-refractivity contribution < 1.29 is 42.6 Å². The molecule has 0 atom stereocenters. The van der Waals surface area contributed by atoms with Gasteiger partial charge in [-0.3, -0.25) is 19.7 Å². The second-order valence-corrected chi connectivity index (χ2v) is 12.4. The summed E-state index contributed by atoms with van der Waals surface area (Å²) in [4.78, 5) is 32.6. The summed E-state index contributed by atoms with van der Waals surface area (Å²) in [6.45, 7) is 9.20. The van der Waals surface area contributed by atoms with Crippen molar-refractivity contribution in [2.75, 3.05) is 0 Å². The summed E-state index contributed by atoms with van der Waals surface area (Å²) in [6, 6.07) is 21.0. The molecule has 55 heavy (non-hydrogen) atoms. The fourth-order valence-electron chi connectivity index (χ4n) is 5.02. The van der Waals surface area contributed by atoms with Crippen LogP contribution in [0.25, 0.3) is 60.9 Å². The van der Waals surface area contributed by atoms with Gasteiger partial charge in [0.25, 0.3) is 5.70 Å². The van der Waals surface area contributed by atoms with Crippen LogP contribution < -0.4 is 5.10 Å². The summed E-state index contributed by atoms with van der Waals surface area (Å²) in [5.74, 6) is -1.27. The van der Waals surface area contributed by atoms with Crippen molar-refractivity contribution in [1.29, 1.82) is 0 Å². The number of carboxylic acid groups (broad SMARTS) is 1. The second-order valence-electron chi connectivity index (χ2n) is 11.3. The molecule has 0 bridgehead atoms. The summed E-state index contributed by atoms with van der Waals surface area (Å²) < 4.78 is 38.2. The Hall–Kier alpha value is -5.58. The van der Waals surface area contributed by atoms with Crippen molar-refractivity contribution in [3.8, 4) is 44.6 Å². The van der Waals surface area contributed by atoms with Crippen LogP contribution in [0.2, 0.25) is 0 Å². The van der Waals surface area contributed by atoms with Gasteiger partial charge in [-0.1, -0.05) is 56.2 Å². The molecule has 0 spiro atoms. The molecule has 280 valence electrons. The SMILES string of the molecule is CCCCCCc1ccsc1-c1ccnc(-c2cc(C(F)(F)F)n[n-]2)c1.[C-]#[N+]/C(=C/c1cc(-c2ccccn2)nc(-c2ccccn2)c1)C(=O)O.[N-]=C=S.[Ru+2]. The molecular formula is C39H31F3N8O2RuS2. The number of unbranched alkanes of at least 4 members (excludes halogenated alkanes) is 3. The quantitative estimate of drug-likeness (QED) is 0.0336. The summed E-state index contributed by atoms with van der Waals surface area (Å²) in [6.07, 6.45) is 7.51. The summed E-state index contributed by atoms with van der Waals surface area (Å²) >= 11 is 5.34. The average molecular weight is 866 g/mol. The van der Waals surface area contributed by atoms with Crippen molar-refractivity contribution in [3.63, 3.8) is 0 Å². The molecule has 0 aromatic carbocycles. The molecule has 6 aromatic rings. The van der Waals surface area contributed by atoms with E-state index in [2.05, 4.69) is 65.6 Å². The number of nitrogens with zero attached hydrogens (tertiary/aromatic N) is 8. The Bertz CT molecular complexity index is 2190. The van der Waals surface area contributed by atoms with Crippen molar-refractivity contribution in [2.45, 2.75) is 45.2 Å². The molecule has 6 aromatic heterocycles. The fourth-order valence-corrected chi connectivity index (χ4v) is 5.98. The number of pyridine rings is 4. The van der Waals surface area contributed by atoms with Crippen LogP contribution in [0.15, 0.2) is 102 Å². The van der Waals surface area contributed by atoms with Gasteiger partial charge < -0.3 is 20.7 Å². The third-order valence-corrected chi connectivity index (χ3v) is 8.51. The van der Waals surface area contributed by atoms with Crippen LogP contribution in [-0.2, 0) is 36.9 Å². The first-order valence-corrected chi connectivity index (χ1v) is 17.7. The minimum Gasteiger partial charge on any atom is -0.753 e. The molecule has 0 aliphatic heterocycles. The Kier molecular flexibility index (Phi) is 17.5. The molecule has 0 radical (unpaired) electrons. The smallest absolute Gasteiger partial charge is 0.753 e. The van der Waals surface area contributed by atoms with Gasteiger partial charge >= 0.3 is 31.6 Å². The number of hydrogen-bond acceptors (Lipinski definition) is 8. The second kappa shape index (κ2) is 22.0. The molecule has 16 heteroatoms. The number of carboxylic acids is 1. The topological polar surface area (TPSA) is 143 Å². The van der Waals surface area contributed by atoms with Gasteiger partial charge in [-0.05, 0) is 102 Å². The van der Waals surface area contributed by atoms with Gasteiger partial charge in [-0.15, -0.1) is 11.3 Å². The Morgan fingerprint density at radius 1 is 0.945 bits per heavy atom. The molecule has 0 aliphatic carbocycles. The number of carbonyl (C=O) groups is 1. The number of isothiocyanates is 1. The molecular weight excluding hydrogens is 835 g/mol. The number of hydrogen-bond donors (Lipinski definition) is 1. The molecule has 0 unspecified atom stereocenters. The minimum atomic E-state index is -4.50. The van der Waals surface area contributed by atoms with E-state index in [-0.39, 0.29) is 30.9 Å². The van der Waals surface area contributed by atoms with Crippen LogP contribution in [0.1, 0.15) is 49.4 Å². The fraction of sp³-hybridized carbons (Fsp3) is 0.179. The minimum absolute atomic E-state index is 0. The van der Waals surface area contributed by atoms with Gasteiger partial charge in [0, 0.05) is 23.5 Å². The van der Waals surface area contributed by atoms with E-state index in [1.165, 1.54) is 36.1 Å². The van der Waals surface area contributed by atoms with E-state index < -0.39 is 17.8 Å². The van der Waals surface area contributed by atoms with E-state index in [4.69, 9.17) is 17.1 Å². The molecule has 6 rings (SSSR count). The zero-order chi connectivity index (χ0) is 38.9. The number of thiophene rings is 1. The van der Waals surface area contributed by atoms with Gasteiger partial charge in [0.05, 0.1) is 35.0 Å². The van der Waals surface area contributed by atoms with Gasteiger partial charge in [0.2, 0.25) is 0 Å². The average Bonchev–Trinajstić information content (AvgIpc) is 3.88. The number of halogens is 3. The maximum absolute atomic E-state index is 12.7. The Balaban J connectivity index is 0.000000271. The molecule has 0 saturated carbocycles. The van der Waals surface area contributed by atoms with Crippen molar-refractivity contribution in [1.82, 2.24) is 30.1 Å². The maximum atomic E-state index is 12.7. The molecule has 6 heterocycles. The number of alkyl halides is 3. The summed E-state index contributed by atoms with van der Waals surface area (Å²) in [5.41, 5.74) is 4.39. The Morgan fingerprint density at radius 2 is 1.58 bits per heavy atom. The van der Waals surface area contributed by atoms with Crippen molar-refractivity contribution >= 4 is 40.8 Å². The summed E-state index contributed by atoms with van der Waals surface area (Å²) in [5, 5.41) is 26.5. The normalized spacial score (nSPS) is 10.7. The number of aromatic nitrogens is 6. The predicted octanol–water partition coefficient (Wildman–Crippen LogP) is 10.2. The van der Waals surface area contributed by atoms with Crippen molar-refractivity contribution in [3.05, 3.63) is 136 Å². The Labute approximate surface area is 337 Å². The van der Waals surface area contributed by atoms with Crippen LogP contribution in [-0.4, -0.2) is 41.3 Å². The molecule has 1 N–H and O–H groups in total. The number of thiocarbonyl (C=S) groups is 1. The van der Waals surface area contributed by atoms with Crippen LogP contribution >= 0.6 is 23.6 Å². The monoisotopic (exact) mass is 866 g/mol. The zero-order valence-electron chi connectivity index (χ0n) is 29.1. The Morgan fingerprint density at radius 3 is 2.11 bits per heavy atom. The predicted molar refractivity (Wildman–Crippen MR) is 206 cm³/mol. The standard InChI is InChI=1S/C19H19F3N3S.C19H12N4O2.CNS.Ru/c1-2-3-4-5-6-13-8-10-26-18(13)14-7-9-23-15(11-14)16-12-17(25-24-16)19(20,21)22;1-20-18(19(24)25)12-13-10-16(14-6-2-4-8-21-14)23-17(11-13)15-7-3-5-9-22-15;2-1-3;/h7-12H,2-6H2,1H3;2-12H,(H,24,25);;/q-1;;-1;+2/b;18-12+;;. The van der Waals surface area contributed by atoms with Gasteiger partial charge in [-0.25, -0.2) is 9.83 Å². The van der Waals surface area contributed by atoms with Gasteiger partial charge in [-0.2, -0.15) is 18.3 Å². The molecule has 0 aliphatic rings. The first-order valence-electron chi connectivity index (χ1n) is 16.4. The maximum Gasteiger partial charge on any atom is 2.00 e. The molecule has 0 amide bonds. The van der Waals surface area contributed by atoms with Gasteiger partial charge in [0.15, 0.2) is 0 Å². The van der Waals surface area contributed by atoms with E-state index in [9.17, 15) is 18.0 Å². The van der Waals surface area contributed by atoms with Crippen LogP contribution in [0.5, 0.6) is 0 Å².